The van der Waals surface area contributed by atoms with Crippen LogP contribution in [0.2, 0.25) is 0 Å². The van der Waals surface area contributed by atoms with E-state index in [1.54, 1.807) is 0 Å². The Hall–Kier alpha value is -1.91. The first-order chi connectivity index (χ1) is 27.9. The summed E-state index contributed by atoms with van der Waals surface area (Å²) in [6, 6.07) is -0.309. The average Bonchev–Trinajstić information content (AvgIpc) is 3.46. The van der Waals surface area contributed by atoms with E-state index in [1.165, 1.54) is 4.90 Å². The van der Waals surface area contributed by atoms with Crippen molar-refractivity contribution >= 4 is 43.3 Å². The number of carboxylic acid groups (broad SMARTS) is 5. The van der Waals surface area contributed by atoms with Gasteiger partial charge in [0.1, 0.15) is 5.78 Å². The number of aliphatic hydroxyl groups is 2. The summed E-state index contributed by atoms with van der Waals surface area (Å²) in [4.78, 5) is 95.0. The molecule has 0 aromatic rings. The molecule has 4 aliphatic rings. The molecule has 347 valence electrons. The van der Waals surface area contributed by atoms with Crippen molar-refractivity contribution in [3.63, 3.8) is 0 Å². The molecule has 4 fully saturated rings. The molecule has 22 heteroatoms. The largest absolute Gasteiger partial charge is 3.00 e. The molecule has 0 heterocycles. The van der Waals surface area contributed by atoms with Crippen LogP contribution in [-0.2, 0) is 33.3 Å². The molecular formula is C39H65GdN4O16P+3. The Morgan fingerprint density at radius 3 is 1.74 bits per heavy atom. The minimum Gasteiger partial charge on any atom is -0.481 e. The van der Waals surface area contributed by atoms with Crippen LogP contribution in [0.4, 0.5) is 0 Å². The zero-order valence-corrected chi connectivity index (χ0v) is 38.2. The summed E-state index contributed by atoms with van der Waals surface area (Å²) in [6.45, 7) is 2.17. The van der Waals surface area contributed by atoms with Gasteiger partial charge in [-0.3, -0.25) is 48.0 Å². The van der Waals surface area contributed by atoms with Gasteiger partial charge in [0.2, 0.25) is 5.91 Å². The first kappa shape index (κ1) is 53.4. The van der Waals surface area contributed by atoms with Gasteiger partial charge in [0, 0.05) is 45.1 Å². The molecule has 0 spiro atoms. The van der Waals surface area contributed by atoms with E-state index in [0.717, 1.165) is 22.6 Å². The van der Waals surface area contributed by atoms with Crippen LogP contribution in [-0.4, -0.2) is 172 Å². The Labute approximate surface area is 387 Å². The fourth-order valence-corrected chi connectivity index (χ4v) is 13.1. The fraction of sp³-hybridized carbons (Fsp3) is 0.846. The molecule has 20 nitrogen and oxygen atoms in total. The Balaban J connectivity index is 0.00000992. The van der Waals surface area contributed by atoms with Gasteiger partial charge < -0.3 is 50.8 Å². The molecule has 4 saturated carbocycles. The number of nitrogens with one attached hydrogen (secondary N) is 1. The van der Waals surface area contributed by atoms with Crippen molar-refractivity contribution in [2.45, 2.75) is 109 Å². The molecular weight excluding hydrogens is 969 g/mol. The van der Waals surface area contributed by atoms with Crippen molar-refractivity contribution in [2.75, 3.05) is 52.4 Å². The van der Waals surface area contributed by atoms with Crippen molar-refractivity contribution in [1.29, 1.82) is 0 Å². The Morgan fingerprint density at radius 1 is 0.738 bits per heavy atom. The van der Waals surface area contributed by atoms with Crippen molar-refractivity contribution in [1.82, 2.24) is 20.0 Å². The molecule has 0 aromatic heterocycles. The number of amides is 1. The van der Waals surface area contributed by atoms with Gasteiger partial charge in [-0.05, 0) is 97.7 Å². The molecule has 4 rings (SSSR count). The number of nitrogens with zero attached hydrogens (tertiary/aromatic N) is 3. The normalized spacial score (nSPS) is 31.9. The van der Waals surface area contributed by atoms with Gasteiger partial charge in [-0.15, -0.1) is 0 Å². The monoisotopic (exact) mass is 1030 g/mol. The number of hydrogen-bond donors (Lipinski definition) is 10. The third-order valence-electron chi connectivity index (χ3n) is 14.7. The molecule has 0 aromatic carbocycles. The molecule has 12 atom stereocenters. The van der Waals surface area contributed by atoms with Crippen LogP contribution in [0.25, 0.3) is 0 Å². The summed E-state index contributed by atoms with van der Waals surface area (Å²) >= 11 is 0. The third kappa shape index (κ3) is 13.6. The van der Waals surface area contributed by atoms with E-state index in [2.05, 4.69) is 19.2 Å². The van der Waals surface area contributed by atoms with Crippen molar-refractivity contribution in [3.05, 3.63) is 0 Å². The summed E-state index contributed by atoms with van der Waals surface area (Å²) < 4.78 is 13.0. The molecule has 10 N–H and O–H groups in total. The van der Waals surface area contributed by atoms with E-state index in [4.69, 9.17) is 0 Å². The van der Waals surface area contributed by atoms with E-state index < -0.39 is 99.4 Å². The van der Waals surface area contributed by atoms with Crippen LogP contribution >= 0.6 is 7.60 Å². The molecule has 0 aliphatic heterocycles. The van der Waals surface area contributed by atoms with Gasteiger partial charge in [-0.2, -0.15) is 0 Å². The quantitative estimate of drug-likeness (QED) is 0.0630. The number of rotatable bonds is 23. The van der Waals surface area contributed by atoms with E-state index in [0.29, 0.717) is 32.1 Å². The van der Waals surface area contributed by atoms with Gasteiger partial charge in [0.05, 0.1) is 38.4 Å². The molecule has 1 radical (unpaired) electrons. The number of aliphatic hydroxyl groups excluding tert-OH is 2. The van der Waals surface area contributed by atoms with Crippen LogP contribution in [0.3, 0.4) is 0 Å². The summed E-state index contributed by atoms with van der Waals surface area (Å²) in [5, 5.41) is 73.3. The fourth-order valence-electron chi connectivity index (χ4n) is 12.0. The predicted molar refractivity (Wildman–Crippen MR) is 211 cm³/mol. The minimum atomic E-state index is -5.07. The maximum absolute atomic E-state index is 13.5. The van der Waals surface area contributed by atoms with E-state index in [1.807, 2.05) is 6.92 Å². The zero-order chi connectivity index (χ0) is 44.9. The van der Waals surface area contributed by atoms with Crippen LogP contribution in [0.15, 0.2) is 0 Å². The third-order valence-corrected chi connectivity index (χ3v) is 16.1. The molecule has 1 amide bonds. The number of fused-ring (bicyclic) bond motifs is 5. The summed E-state index contributed by atoms with van der Waals surface area (Å²) in [7, 11) is -5.07. The molecule has 0 bridgehead atoms. The van der Waals surface area contributed by atoms with Crippen LogP contribution in [0.1, 0.15) is 85.0 Å². The van der Waals surface area contributed by atoms with E-state index >= 15 is 0 Å². The number of hydrogen-bond acceptors (Lipinski definition) is 12. The Bertz CT molecular complexity index is 1570. The van der Waals surface area contributed by atoms with Gasteiger partial charge in [-0.1, -0.05) is 20.8 Å². The first-order valence-corrected chi connectivity index (χ1v) is 22.5. The predicted octanol–water partition coefficient (Wildman–Crippen LogP) is 0.711. The van der Waals surface area contributed by atoms with Gasteiger partial charge >= 0.3 is 77.4 Å². The molecule has 4 aliphatic carbocycles. The van der Waals surface area contributed by atoms with Crippen LogP contribution in [0.5, 0.6) is 0 Å². The van der Waals surface area contributed by atoms with Crippen LogP contribution < -0.4 is 5.32 Å². The Kier molecular flexibility index (Phi) is 19.6. The van der Waals surface area contributed by atoms with Gasteiger partial charge in [-0.25, -0.2) is 0 Å². The molecule has 8 unspecified atom stereocenters. The number of carbonyl (C=O) groups is 6. The van der Waals surface area contributed by atoms with E-state index in [9.17, 15) is 78.9 Å². The second-order valence-electron chi connectivity index (χ2n) is 18.4. The first-order valence-electron chi connectivity index (χ1n) is 20.8. The van der Waals surface area contributed by atoms with Gasteiger partial charge in [0.25, 0.3) is 0 Å². The number of aliphatic carboxylic acids is 5. The SMILES string of the molecule is CC(CC(=O)O)C1CCC2C3C(O)CC4C[C@@H](NC(=O)CCC(N(CCN(CC(=O)O)CC(=O)O)CCN(CC(=O)O)CC(=O)O)P(=O)(O)O)CC[C@]4(C)C3C[C@H](O)[C@]12C.[Gd+3]. The second kappa shape index (κ2) is 22.3. The van der Waals surface area contributed by atoms with Crippen molar-refractivity contribution < 1.29 is 119 Å². The summed E-state index contributed by atoms with van der Waals surface area (Å²) in [5.41, 5.74) is -0.757. The van der Waals surface area contributed by atoms with Crippen molar-refractivity contribution in [2.24, 2.45) is 46.3 Å². The van der Waals surface area contributed by atoms with Gasteiger partial charge in [0.15, 0.2) is 0 Å². The number of carbonyl (C=O) groups excluding carboxylic acids is 1. The van der Waals surface area contributed by atoms with Crippen molar-refractivity contribution in [3.8, 4) is 0 Å². The van der Waals surface area contributed by atoms with Crippen LogP contribution in [0, 0.1) is 86.3 Å². The average molecular weight is 1030 g/mol. The standard InChI is InChI=1S/C39H65N4O16P.Gd/c1-22(14-32(47)48)25-4-5-26-37-27(17-29(45)39(25,26)3)38(2)9-8-24(15-23(38)16-28(37)44)40-30(46)6-7-31(60(57,58)59)43(12-10-41(18-33(49)50)19-34(51)52)13-11-42(20-35(53)54)21-36(55)56;/h22-29,31,37,44-45H,4-21H2,1-3H3,(H,40,46)(H,47,48)(H,49,50)(H,51,52)(H,53,54)(H,55,56)(H2,57,58,59);/q;+3/t22?,23?,24-,25?,26?,27?,28?,29-,31?,37?,38-,39+;/m0./s1. The maximum atomic E-state index is 13.5. The maximum Gasteiger partial charge on any atom is 3.00 e. The zero-order valence-electron chi connectivity index (χ0n) is 35.0. The summed E-state index contributed by atoms with van der Waals surface area (Å²) in [5.74, 6) is -8.52. The second-order valence-corrected chi connectivity index (χ2v) is 20.1. The number of carboxylic acids is 5. The molecule has 0 saturated heterocycles. The topological polar surface area (TPSA) is 323 Å². The van der Waals surface area contributed by atoms with E-state index in [-0.39, 0.29) is 126 Å². The molecule has 61 heavy (non-hydrogen) atoms. The Morgan fingerprint density at radius 2 is 1.26 bits per heavy atom. The minimum absolute atomic E-state index is 0. The summed E-state index contributed by atoms with van der Waals surface area (Å²) in [6.07, 6.45) is 2.38. The smallest absolute Gasteiger partial charge is 0.481 e.